The molecule has 16 heavy (non-hydrogen) atoms. The van der Waals surface area contributed by atoms with Crippen LogP contribution in [0.25, 0.3) is 10.8 Å². The number of benzene rings is 2. The summed E-state index contributed by atoms with van der Waals surface area (Å²) in [7, 11) is 1.62. The quantitative estimate of drug-likeness (QED) is 0.812. The van der Waals surface area contributed by atoms with Crippen LogP contribution in [0.3, 0.4) is 0 Å². The number of nitrogens with two attached hydrogens (primary N) is 1. The van der Waals surface area contributed by atoms with Gasteiger partial charge in [-0.25, -0.2) is 0 Å². The summed E-state index contributed by atoms with van der Waals surface area (Å²) in [6.07, 6.45) is 0. The van der Waals surface area contributed by atoms with E-state index in [1.165, 1.54) is 0 Å². The second-order valence-corrected chi connectivity index (χ2v) is 3.85. The molecule has 3 N–H and O–H groups in total. The van der Waals surface area contributed by atoms with Gasteiger partial charge in [0.05, 0.1) is 7.11 Å². The summed E-state index contributed by atoms with van der Waals surface area (Å²) in [6.45, 7) is 1.85. The molecular formula is C13H15NO2. The maximum Gasteiger partial charge on any atom is 0.128 e. The topological polar surface area (TPSA) is 55.5 Å². The third kappa shape index (κ3) is 1.59. The van der Waals surface area contributed by atoms with Crippen LogP contribution in [-0.2, 0) is 0 Å². The largest absolute Gasteiger partial charge is 0.507 e. The molecule has 0 saturated heterocycles. The van der Waals surface area contributed by atoms with Crippen molar-refractivity contribution in [1.29, 1.82) is 0 Å². The van der Waals surface area contributed by atoms with Gasteiger partial charge in [0, 0.05) is 22.4 Å². The SMILES string of the molecule is COc1cccc2c(O)c(C(C)N)ccc12. The standard InChI is InChI=1S/C13H15NO2/c1-8(14)9-6-7-10-11(13(9)15)4-3-5-12(10)16-2/h3-8,15H,14H2,1-2H3. The van der Waals surface area contributed by atoms with Crippen molar-refractivity contribution in [2.24, 2.45) is 5.73 Å². The lowest BCUT2D eigenvalue weighted by atomic mass is 10.0. The predicted octanol–water partition coefficient (Wildman–Crippen LogP) is 2.57. The van der Waals surface area contributed by atoms with Gasteiger partial charge in [-0.3, -0.25) is 0 Å². The van der Waals surface area contributed by atoms with Crippen molar-refractivity contribution in [3.05, 3.63) is 35.9 Å². The molecule has 0 amide bonds. The van der Waals surface area contributed by atoms with E-state index in [1.54, 1.807) is 7.11 Å². The minimum absolute atomic E-state index is 0.185. The van der Waals surface area contributed by atoms with Crippen molar-refractivity contribution in [2.45, 2.75) is 13.0 Å². The Balaban J connectivity index is 2.76. The highest BCUT2D eigenvalue weighted by molar-refractivity contribution is 5.94. The Kier molecular flexibility index (Phi) is 2.71. The molecule has 0 saturated carbocycles. The second kappa shape index (κ2) is 4.02. The average Bonchev–Trinajstić information content (AvgIpc) is 2.28. The summed E-state index contributed by atoms with van der Waals surface area (Å²) in [5.41, 5.74) is 6.54. The fourth-order valence-electron chi connectivity index (χ4n) is 1.88. The summed E-state index contributed by atoms with van der Waals surface area (Å²) in [4.78, 5) is 0. The second-order valence-electron chi connectivity index (χ2n) is 3.85. The Morgan fingerprint density at radius 2 is 1.94 bits per heavy atom. The van der Waals surface area contributed by atoms with E-state index < -0.39 is 0 Å². The number of aromatic hydroxyl groups is 1. The van der Waals surface area contributed by atoms with Crippen LogP contribution < -0.4 is 10.5 Å². The molecule has 0 aromatic heterocycles. The average molecular weight is 217 g/mol. The smallest absolute Gasteiger partial charge is 0.128 e. The van der Waals surface area contributed by atoms with Gasteiger partial charge >= 0.3 is 0 Å². The lowest BCUT2D eigenvalue weighted by Gasteiger charge is -2.12. The third-order valence-corrected chi connectivity index (χ3v) is 2.73. The van der Waals surface area contributed by atoms with E-state index in [0.717, 1.165) is 22.1 Å². The molecule has 84 valence electrons. The molecule has 2 aromatic rings. The Hall–Kier alpha value is -1.74. The maximum absolute atomic E-state index is 10.1. The fraction of sp³-hybridized carbons (Fsp3) is 0.231. The molecule has 0 aliphatic rings. The normalized spacial score (nSPS) is 12.7. The molecule has 0 fully saturated rings. The molecule has 3 heteroatoms. The van der Waals surface area contributed by atoms with Gasteiger partial charge in [-0.15, -0.1) is 0 Å². The van der Waals surface area contributed by atoms with Gasteiger partial charge < -0.3 is 15.6 Å². The Bertz CT molecular complexity index is 521. The molecule has 1 unspecified atom stereocenters. The molecule has 2 rings (SSSR count). The predicted molar refractivity (Wildman–Crippen MR) is 64.8 cm³/mol. The van der Waals surface area contributed by atoms with Crippen molar-refractivity contribution in [3.8, 4) is 11.5 Å². The Morgan fingerprint density at radius 1 is 1.19 bits per heavy atom. The molecule has 0 bridgehead atoms. The van der Waals surface area contributed by atoms with Gasteiger partial charge in [-0.1, -0.05) is 24.3 Å². The van der Waals surface area contributed by atoms with Crippen LogP contribution in [0.5, 0.6) is 11.5 Å². The monoisotopic (exact) mass is 217 g/mol. The van der Waals surface area contributed by atoms with E-state index in [4.69, 9.17) is 10.5 Å². The molecule has 0 spiro atoms. The van der Waals surface area contributed by atoms with Gasteiger partial charge in [0.15, 0.2) is 0 Å². The van der Waals surface area contributed by atoms with Gasteiger partial charge in [0.1, 0.15) is 11.5 Å². The summed E-state index contributed by atoms with van der Waals surface area (Å²) in [5, 5.41) is 11.8. The zero-order chi connectivity index (χ0) is 11.7. The molecular weight excluding hydrogens is 202 g/mol. The zero-order valence-corrected chi connectivity index (χ0v) is 9.40. The molecule has 3 nitrogen and oxygen atoms in total. The maximum atomic E-state index is 10.1. The van der Waals surface area contributed by atoms with Crippen molar-refractivity contribution in [3.63, 3.8) is 0 Å². The zero-order valence-electron chi connectivity index (χ0n) is 9.40. The van der Waals surface area contributed by atoms with Crippen LogP contribution in [0.1, 0.15) is 18.5 Å². The van der Waals surface area contributed by atoms with E-state index in [0.29, 0.717) is 0 Å². The van der Waals surface area contributed by atoms with Crippen molar-refractivity contribution in [2.75, 3.05) is 7.11 Å². The summed E-state index contributed by atoms with van der Waals surface area (Å²) in [6, 6.07) is 9.16. The summed E-state index contributed by atoms with van der Waals surface area (Å²) >= 11 is 0. The van der Waals surface area contributed by atoms with Crippen LogP contribution in [0.2, 0.25) is 0 Å². The fourth-order valence-corrected chi connectivity index (χ4v) is 1.88. The van der Waals surface area contributed by atoms with Crippen LogP contribution in [0.15, 0.2) is 30.3 Å². The molecule has 2 aromatic carbocycles. The highest BCUT2D eigenvalue weighted by atomic mass is 16.5. The molecule has 0 aliphatic heterocycles. The number of ether oxygens (including phenoxy) is 1. The van der Waals surface area contributed by atoms with Gasteiger partial charge in [0.2, 0.25) is 0 Å². The number of methoxy groups -OCH3 is 1. The first-order chi connectivity index (χ1) is 7.65. The Labute approximate surface area is 94.5 Å². The molecule has 0 heterocycles. The first-order valence-corrected chi connectivity index (χ1v) is 5.19. The van der Waals surface area contributed by atoms with E-state index in [2.05, 4.69) is 0 Å². The molecule has 1 atom stereocenters. The van der Waals surface area contributed by atoms with Gasteiger partial charge in [-0.2, -0.15) is 0 Å². The van der Waals surface area contributed by atoms with Crippen LogP contribution in [-0.4, -0.2) is 12.2 Å². The number of hydrogen-bond donors (Lipinski definition) is 2. The van der Waals surface area contributed by atoms with Gasteiger partial charge in [-0.05, 0) is 13.0 Å². The number of fused-ring (bicyclic) bond motifs is 1. The third-order valence-electron chi connectivity index (χ3n) is 2.73. The van der Waals surface area contributed by atoms with Crippen molar-refractivity contribution >= 4 is 10.8 Å². The van der Waals surface area contributed by atoms with Crippen molar-refractivity contribution < 1.29 is 9.84 Å². The van der Waals surface area contributed by atoms with E-state index in [1.807, 2.05) is 37.3 Å². The lowest BCUT2D eigenvalue weighted by molar-refractivity contribution is 0.419. The highest BCUT2D eigenvalue weighted by Gasteiger charge is 2.11. The summed E-state index contributed by atoms with van der Waals surface area (Å²) in [5.74, 6) is 0.996. The minimum Gasteiger partial charge on any atom is -0.507 e. The van der Waals surface area contributed by atoms with Gasteiger partial charge in [0.25, 0.3) is 0 Å². The van der Waals surface area contributed by atoms with E-state index in [-0.39, 0.29) is 11.8 Å². The Morgan fingerprint density at radius 3 is 2.56 bits per heavy atom. The summed E-state index contributed by atoms with van der Waals surface area (Å²) < 4.78 is 5.24. The number of rotatable bonds is 2. The van der Waals surface area contributed by atoms with Crippen LogP contribution in [0, 0.1) is 0 Å². The first kappa shape index (κ1) is 10.8. The minimum atomic E-state index is -0.185. The van der Waals surface area contributed by atoms with Crippen LogP contribution >= 0.6 is 0 Å². The number of hydrogen-bond acceptors (Lipinski definition) is 3. The van der Waals surface area contributed by atoms with Crippen LogP contribution in [0.4, 0.5) is 0 Å². The molecule has 0 aliphatic carbocycles. The molecule has 0 radical (unpaired) electrons. The van der Waals surface area contributed by atoms with Crippen molar-refractivity contribution in [1.82, 2.24) is 0 Å². The lowest BCUT2D eigenvalue weighted by Crippen LogP contribution is -2.05. The number of phenols is 1. The van der Waals surface area contributed by atoms with E-state index in [9.17, 15) is 5.11 Å². The highest BCUT2D eigenvalue weighted by Crippen LogP contribution is 2.35. The number of phenolic OH excluding ortho intramolecular Hbond substituents is 1. The first-order valence-electron chi connectivity index (χ1n) is 5.19. The van der Waals surface area contributed by atoms with E-state index >= 15 is 0 Å².